The predicted octanol–water partition coefficient (Wildman–Crippen LogP) is 7.42. The maximum atomic E-state index is 12.5. The number of hydrogen-bond acceptors (Lipinski definition) is 3. The molecule has 8 heteroatoms. The Balaban J connectivity index is 1.77. The van der Waals surface area contributed by atoms with Gasteiger partial charge in [-0.2, -0.15) is 5.26 Å². The number of anilines is 1. The van der Waals surface area contributed by atoms with E-state index >= 15 is 0 Å². The maximum absolute atomic E-state index is 12.5. The number of nitrogens with one attached hydrogen (secondary N) is 1. The molecule has 0 aliphatic carbocycles. The molecule has 0 atom stereocenters. The molecular weight excluding hydrogens is 478 g/mol. The second kappa shape index (κ2) is 10.6. The number of rotatable bonds is 6. The van der Waals surface area contributed by atoms with E-state index in [1.807, 2.05) is 36.4 Å². The first-order valence-electron chi connectivity index (χ1n) is 8.91. The topological polar surface area (TPSA) is 62.1 Å². The second-order valence-corrected chi connectivity index (χ2v) is 7.97. The summed E-state index contributed by atoms with van der Waals surface area (Å²) in [7, 11) is 0. The predicted molar refractivity (Wildman–Crippen MR) is 126 cm³/mol. The average Bonchev–Trinajstić information content (AvgIpc) is 2.74. The molecule has 4 nitrogen and oxygen atoms in total. The van der Waals surface area contributed by atoms with Crippen LogP contribution < -0.4 is 10.1 Å². The highest BCUT2D eigenvalue weighted by Gasteiger charge is 2.14. The van der Waals surface area contributed by atoms with Crippen LogP contribution in [-0.2, 0) is 11.4 Å². The minimum Gasteiger partial charge on any atom is -0.486 e. The van der Waals surface area contributed by atoms with E-state index < -0.39 is 5.91 Å². The Morgan fingerprint density at radius 2 is 1.61 bits per heavy atom. The van der Waals surface area contributed by atoms with Crippen LogP contribution >= 0.6 is 46.4 Å². The molecule has 0 bridgehead atoms. The van der Waals surface area contributed by atoms with Crippen molar-refractivity contribution in [3.8, 4) is 11.8 Å². The lowest BCUT2D eigenvalue weighted by Gasteiger charge is -2.11. The number of benzene rings is 3. The average molecular weight is 492 g/mol. The van der Waals surface area contributed by atoms with E-state index in [4.69, 9.17) is 51.1 Å². The third-order valence-corrected chi connectivity index (χ3v) is 5.40. The molecule has 0 aromatic heterocycles. The minimum atomic E-state index is -0.613. The van der Waals surface area contributed by atoms with E-state index in [-0.39, 0.29) is 20.6 Å². The Hall–Kier alpha value is -2.68. The molecule has 3 rings (SSSR count). The summed E-state index contributed by atoms with van der Waals surface area (Å²) in [6, 6.07) is 19.2. The van der Waals surface area contributed by atoms with Gasteiger partial charge in [-0.25, -0.2) is 0 Å². The fourth-order valence-electron chi connectivity index (χ4n) is 2.62. The Morgan fingerprint density at radius 1 is 0.935 bits per heavy atom. The first-order valence-corrected chi connectivity index (χ1v) is 10.4. The van der Waals surface area contributed by atoms with Crippen molar-refractivity contribution in [3.05, 3.63) is 97.5 Å². The van der Waals surface area contributed by atoms with Gasteiger partial charge < -0.3 is 10.1 Å². The molecule has 31 heavy (non-hydrogen) atoms. The van der Waals surface area contributed by atoms with Crippen molar-refractivity contribution < 1.29 is 9.53 Å². The summed E-state index contributed by atoms with van der Waals surface area (Å²) >= 11 is 24.5. The number of amides is 1. The Bertz CT molecular complexity index is 1160. The Morgan fingerprint density at radius 3 is 2.23 bits per heavy atom. The molecule has 1 amide bonds. The van der Waals surface area contributed by atoms with Gasteiger partial charge in [0.1, 0.15) is 18.2 Å². The zero-order valence-corrected chi connectivity index (χ0v) is 18.9. The van der Waals surface area contributed by atoms with Crippen LogP contribution in [0, 0.1) is 11.3 Å². The van der Waals surface area contributed by atoms with Crippen LogP contribution in [0.5, 0.6) is 5.75 Å². The molecule has 0 spiro atoms. The normalized spacial score (nSPS) is 11.0. The van der Waals surface area contributed by atoms with E-state index in [0.717, 1.165) is 5.56 Å². The van der Waals surface area contributed by atoms with Crippen LogP contribution in [0.4, 0.5) is 5.69 Å². The standard InChI is InChI=1S/C23H14Cl4N2O2/c24-18-7-6-17(11-19(18)25)29-23(30)16(12-28)8-15-9-20(26)22(21(27)10-15)31-13-14-4-2-1-3-5-14/h1-11H,13H2,(H,29,30)/b16-8+. The summed E-state index contributed by atoms with van der Waals surface area (Å²) in [5, 5.41) is 13.2. The van der Waals surface area contributed by atoms with Crippen LogP contribution in [0.1, 0.15) is 11.1 Å². The number of carbonyl (C=O) groups excluding carboxylic acids is 1. The third-order valence-electron chi connectivity index (χ3n) is 4.10. The molecule has 156 valence electrons. The smallest absolute Gasteiger partial charge is 0.266 e. The van der Waals surface area contributed by atoms with Gasteiger partial charge in [-0.05, 0) is 47.5 Å². The van der Waals surface area contributed by atoms with Crippen molar-refractivity contribution in [3.63, 3.8) is 0 Å². The van der Waals surface area contributed by atoms with Gasteiger partial charge in [0.2, 0.25) is 0 Å². The Kier molecular flexibility index (Phi) is 7.84. The highest BCUT2D eigenvalue weighted by molar-refractivity contribution is 6.42. The molecule has 0 heterocycles. The summed E-state index contributed by atoms with van der Waals surface area (Å²) in [4.78, 5) is 12.5. The summed E-state index contributed by atoms with van der Waals surface area (Å²) < 4.78 is 5.74. The van der Waals surface area contributed by atoms with Gasteiger partial charge in [0, 0.05) is 5.69 Å². The molecule has 0 unspecified atom stereocenters. The van der Waals surface area contributed by atoms with Gasteiger partial charge in [-0.3, -0.25) is 4.79 Å². The van der Waals surface area contributed by atoms with E-state index in [0.29, 0.717) is 28.6 Å². The summed E-state index contributed by atoms with van der Waals surface area (Å²) in [5.41, 5.74) is 1.70. The van der Waals surface area contributed by atoms with Gasteiger partial charge >= 0.3 is 0 Å². The molecule has 0 saturated carbocycles. The van der Waals surface area contributed by atoms with Crippen LogP contribution in [0.3, 0.4) is 0 Å². The number of carbonyl (C=O) groups is 1. The van der Waals surface area contributed by atoms with E-state index in [1.54, 1.807) is 24.3 Å². The number of halogens is 4. The van der Waals surface area contributed by atoms with Crippen molar-refractivity contribution >= 4 is 64.1 Å². The number of nitriles is 1. The first kappa shape index (κ1) is 23.0. The molecule has 0 fully saturated rings. The molecule has 0 radical (unpaired) electrons. The molecule has 3 aromatic rings. The van der Waals surface area contributed by atoms with E-state index in [1.165, 1.54) is 12.1 Å². The van der Waals surface area contributed by atoms with Crippen LogP contribution in [0.2, 0.25) is 20.1 Å². The quantitative estimate of drug-likeness (QED) is 0.288. The highest BCUT2D eigenvalue weighted by Crippen LogP contribution is 2.35. The van der Waals surface area contributed by atoms with Crippen molar-refractivity contribution in [1.82, 2.24) is 0 Å². The van der Waals surface area contributed by atoms with Crippen molar-refractivity contribution in [2.45, 2.75) is 6.61 Å². The first-order chi connectivity index (χ1) is 14.9. The van der Waals surface area contributed by atoms with Gasteiger partial charge in [0.25, 0.3) is 5.91 Å². The van der Waals surface area contributed by atoms with Gasteiger partial charge in [-0.15, -0.1) is 0 Å². The lowest BCUT2D eigenvalue weighted by atomic mass is 10.1. The van der Waals surface area contributed by atoms with E-state index in [2.05, 4.69) is 5.32 Å². The largest absolute Gasteiger partial charge is 0.486 e. The molecular formula is C23H14Cl4N2O2. The number of nitrogens with zero attached hydrogens (tertiary/aromatic N) is 1. The number of hydrogen-bond donors (Lipinski definition) is 1. The fourth-order valence-corrected chi connectivity index (χ4v) is 3.53. The van der Waals surface area contributed by atoms with Crippen molar-refractivity contribution in [2.24, 2.45) is 0 Å². The molecule has 3 aromatic carbocycles. The second-order valence-electron chi connectivity index (χ2n) is 6.34. The zero-order valence-electron chi connectivity index (χ0n) is 15.8. The lowest BCUT2D eigenvalue weighted by molar-refractivity contribution is -0.112. The summed E-state index contributed by atoms with van der Waals surface area (Å²) in [6.07, 6.45) is 1.38. The maximum Gasteiger partial charge on any atom is 0.266 e. The Labute approximate surface area is 199 Å². The van der Waals surface area contributed by atoms with Crippen molar-refractivity contribution in [1.29, 1.82) is 5.26 Å². The SMILES string of the molecule is N#C/C(=C\c1cc(Cl)c(OCc2ccccc2)c(Cl)c1)C(=O)Nc1ccc(Cl)c(Cl)c1. The van der Waals surface area contributed by atoms with Crippen molar-refractivity contribution in [2.75, 3.05) is 5.32 Å². The summed E-state index contributed by atoms with van der Waals surface area (Å²) in [6.45, 7) is 0.297. The third kappa shape index (κ3) is 6.16. The van der Waals surface area contributed by atoms with Crippen LogP contribution in [-0.4, -0.2) is 5.91 Å². The summed E-state index contributed by atoms with van der Waals surface area (Å²) in [5.74, 6) is -0.291. The number of ether oxygens (including phenoxy) is 1. The lowest BCUT2D eigenvalue weighted by Crippen LogP contribution is -2.13. The molecule has 1 N–H and O–H groups in total. The highest BCUT2D eigenvalue weighted by atomic mass is 35.5. The minimum absolute atomic E-state index is 0.142. The van der Waals surface area contributed by atoms with Crippen LogP contribution in [0.25, 0.3) is 6.08 Å². The monoisotopic (exact) mass is 490 g/mol. The van der Waals surface area contributed by atoms with Gasteiger partial charge in [-0.1, -0.05) is 76.7 Å². The van der Waals surface area contributed by atoms with Gasteiger partial charge in [0.05, 0.1) is 20.1 Å². The van der Waals surface area contributed by atoms with Crippen LogP contribution in [0.15, 0.2) is 66.2 Å². The van der Waals surface area contributed by atoms with Gasteiger partial charge in [0.15, 0.2) is 5.75 Å². The molecule has 0 aliphatic heterocycles. The van der Waals surface area contributed by atoms with E-state index in [9.17, 15) is 10.1 Å². The molecule has 0 aliphatic rings. The molecule has 0 saturated heterocycles. The zero-order chi connectivity index (χ0) is 22.4. The fraction of sp³-hybridized carbons (Fsp3) is 0.0435.